The van der Waals surface area contributed by atoms with E-state index in [1.807, 2.05) is 13.8 Å². The van der Waals surface area contributed by atoms with Crippen LogP contribution in [0.1, 0.15) is 162 Å². The van der Waals surface area contributed by atoms with Gasteiger partial charge in [0.25, 0.3) is 0 Å². The number of unbranched alkanes of at least 4 members (excludes halogenated alkanes) is 12. The summed E-state index contributed by atoms with van der Waals surface area (Å²) >= 11 is 0. The molecule has 4 unspecified atom stereocenters. The Morgan fingerprint density at radius 1 is 0.700 bits per heavy atom. The van der Waals surface area contributed by atoms with Gasteiger partial charge < -0.3 is 24.1 Å². The van der Waals surface area contributed by atoms with Gasteiger partial charge in [0.2, 0.25) is 0 Å². The topological polar surface area (TPSA) is 57.2 Å². The van der Waals surface area contributed by atoms with E-state index in [0.29, 0.717) is 12.5 Å². The van der Waals surface area contributed by atoms with E-state index >= 15 is 0 Å². The van der Waals surface area contributed by atoms with Crippen LogP contribution < -0.4 is 0 Å². The van der Waals surface area contributed by atoms with Crippen LogP contribution in [0.3, 0.4) is 0 Å². The molecule has 0 amide bonds. The monoisotopic (exact) mass is 562 g/mol. The summed E-state index contributed by atoms with van der Waals surface area (Å²) in [6.45, 7) is 6.99. The molecule has 0 saturated carbocycles. The molecule has 0 aromatic rings. The highest BCUT2D eigenvalue weighted by Crippen LogP contribution is 2.34. The van der Waals surface area contributed by atoms with Crippen molar-refractivity contribution in [2.75, 3.05) is 6.61 Å². The minimum Gasteiger partial charge on any atom is -0.390 e. The van der Waals surface area contributed by atoms with Crippen molar-refractivity contribution in [3.8, 4) is 11.8 Å². The van der Waals surface area contributed by atoms with Crippen molar-refractivity contribution in [1.82, 2.24) is 0 Å². The largest absolute Gasteiger partial charge is 0.390 e. The molecule has 0 spiro atoms. The van der Waals surface area contributed by atoms with Gasteiger partial charge in [0.1, 0.15) is 0 Å². The molecule has 3 rings (SSSR count). The fourth-order valence-corrected chi connectivity index (χ4v) is 6.57. The van der Waals surface area contributed by atoms with Crippen LogP contribution in [0.25, 0.3) is 0 Å². The molecule has 40 heavy (non-hydrogen) atoms. The zero-order valence-corrected chi connectivity index (χ0v) is 26.3. The summed E-state index contributed by atoms with van der Waals surface area (Å²) in [5, 5.41) is 10.7. The standard InChI is InChI=1S/C35H62O5/c1-4-5-6-7-8-9-10-11-12-13-14-15-16-20-23-31(36)32-26-27-34(39-32)33-25-24-29(38-33)21-18-17-19-22-30-28-37-35(2,3)40-30/h29-34,36H,4-14,17-28H2,1-3H3/t29?,30-,31-,32?,33?,34?/m1/s1. The second kappa shape index (κ2) is 19.5. The zero-order chi connectivity index (χ0) is 28.5. The molecule has 3 aliphatic heterocycles. The minimum absolute atomic E-state index is 0.0526. The SMILES string of the molecule is CCCCCCCCCCCCC#CCC[C@@H](O)C1CCC(C2CCC(CCCCC[C@@H]3COC(C)(C)O3)O2)O1. The van der Waals surface area contributed by atoms with Gasteiger partial charge in [0.15, 0.2) is 5.79 Å². The smallest absolute Gasteiger partial charge is 0.163 e. The summed E-state index contributed by atoms with van der Waals surface area (Å²) in [6.07, 6.45) is 26.6. The third-order valence-corrected chi connectivity index (χ3v) is 9.03. The first-order valence-electron chi connectivity index (χ1n) is 17.2. The Kier molecular flexibility index (Phi) is 16.5. The highest BCUT2D eigenvalue weighted by Gasteiger charge is 2.39. The molecule has 0 aliphatic carbocycles. The molecule has 1 N–H and O–H groups in total. The molecular formula is C35H62O5. The van der Waals surface area contributed by atoms with Crippen molar-refractivity contribution < 1.29 is 24.1 Å². The molecule has 0 bridgehead atoms. The average Bonchev–Trinajstić information content (AvgIpc) is 3.68. The van der Waals surface area contributed by atoms with E-state index in [9.17, 15) is 5.11 Å². The van der Waals surface area contributed by atoms with E-state index in [1.54, 1.807) is 0 Å². The molecule has 6 atom stereocenters. The number of ether oxygens (including phenoxy) is 4. The maximum atomic E-state index is 10.7. The lowest BCUT2D eigenvalue weighted by Crippen LogP contribution is -2.31. The van der Waals surface area contributed by atoms with Gasteiger partial charge in [-0.2, -0.15) is 0 Å². The Balaban J connectivity index is 1.14. The quantitative estimate of drug-likeness (QED) is 0.119. The summed E-state index contributed by atoms with van der Waals surface area (Å²) in [5.74, 6) is 6.20. The maximum Gasteiger partial charge on any atom is 0.163 e. The van der Waals surface area contributed by atoms with Crippen LogP contribution in [0, 0.1) is 11.8 Å². The molecule has 0 aromatic carbocycles. The summed E-state index contributed by atoms with van der Waals surface area (Å²) in [6, 6.07) is 0. The van der Waals surface area contributed by atoms with Crippen LogP contribution in [0.2, 0.25) is 0 Å². The fraction of sp³-hybridized carbons (Fsp3) is 0.943. The summed E-state index contributed by atoms with van der Waals surface area (Å²) in [7, 11) is 0. The molecule has 0 aromatic heterocycles. The van der Waals surface area contributed by atoms with Gasteiger partial charge in [-0.1, -0.05) is 84.0 Å². The lowest BCUT2D eigenvalue weighted by molar-refractivity contribution is -0.139. The van der Waals surface area contributed by atoms with Crippen LogP contribution >= 0.6 is 0 Å². The van der Waals surface area contributed by atoms with Gasteiger partial charge in [-0.15, -0.1) is 11.8 Å². The predicted octanol–water partition coefficient (Wildman–Crippen LogP) is 8.64. The van der Waals surface area contributed by atoms with Gasteiger partial charge in [-0.3, -0.25) is 0 Å². The Morgan fingerprint density at radius 2 is 1.30 bits per heavy atom. The van der Waals surface area contributed by atoms with Crippen LogP contribution in [0.5, 0.6) is 0 Å². The third-order valence-electron chi connectivity index (χ3n) is 9.03. The van der Waals surface area contributed by atoms with Crippen LogP contribution in [0.4, 0.5) is 0 Å². The second-order valence-corrected chi connectivity index (χ2v) is 13.1. The van der Waals surface area contributed by atoms with Gasteiger partial charge in [0, 0.05) is 12.8 Å². The molecular weight excluding hydrogens is 500 g/mol. The highest BCUT2D eigenvalue weighted by atomic mass is 16.7. The van der Waals surface area contributed by atoms with Crippen molar-refractivity contribution in [3.05, 3.63) is 0 Å². The first kappa shape index (κ1) is 33.9. The number of hydrogen-bond donors (Lipinski definition) is 1. The number of aliphatic hydroxyl groups is 1. The predicted molar refractivity (Wildman–Crippen MR) is 163 cm³/mol. The normalized spacial score (nSPS) is 28.6. The molecule has 3 saturated heterocycles. The molecule has 3 heterocycles. The van der Waals surface area contributed by atoms with Crippen LogP contribution in [-0.4, -0.2) is 54.1 Å². The third kappa shape index (κ3) is 13.6. The van der Waals surface area contributed by atoms with Gasteiger partial charge >= 0.3 is 0 Å². The van der Waals surface area contributed by atoms with Gasteiger partial charge in [-0.25, -0.2) is 0 Å². The Morgan fingerprint density at radius 3 is 2.00 bits per heavy atom. The van der Waals surface area contributed by atoms with Crippen molar-refractivity contribution in [2.24, 2.45) is 0 Å². The highest BCUT2D eigenvalue weighted by molar-refractivity contribution is 4.99. The average molecular weight is 563 g/mol. The number of hydrogen-bond acceptors (Lipinski definition) is 5. The van der Waals surface area contributed by atoms with Crippen molar-refractivity contribution >= 4 is 0 Å². The van der Waals surface area contributed by atoms with Gasteiger partial charge in [0.05, 0.1) is 43.2 Å². The van der Waals surface area contributed by atoms with Crippen molar-refractivity contribution in [1.29, 1.82) is 0 Å². The van der Waals surface area contributed by atoms with E-state index in [1.165, 1.54) is 83.5 Å². The van der Waals surface area contributed by atoms with E-state index in [2.05, 4.69) is 18.8 Å². The molecule has 5 heteroatoms. The van der Waals surface area contributed by atoms with Gasteiger partial charge in [-0.05, 0) is 65.2 Å². The molecule has 3 fully saturated rings. The molecule has 3 aliphatic rings. The number of aliphatic hydroxyl groups excluding tert-OH is 1. The summed E-state index contributed by atoms with van der Waals surface area (Å²) < 4.78 is 24.2. The summed E-state index contributed by atoms with van der Waals surface area (Å²) in [5.41, 5.74) is 0. The van der Waals surface area contributed by atoms with E-state index in [0.717, 1.165) is 58.0 Å². The van der Waals surface area contributed by atoms with E-state index in [4.69, 9.17) is 18.9 Å². The Hall–Kier alpha value is -0.640. The van der Waals surface area contributed by atoms with Crippen molar-refractivity contribution in [3.63, 3.8) is 0 Å². The number of rotatable bonds is 20. The lowest BCUT2D eigenvalue weighted by atomic mass is 10.0. The minimum atomic E-state index is -0.409. The zero-order valence-electron chi connectivity index (χ0n) is 26.3. The molecule has 0 radical (unpaired) electrons. The van der Waals surface area contributed by atoms with Crippen LogP contribution in [0.15, 0.2) is 0 Å². The molecule has 5 nitrogen and oxygen atoms in total. The van der Waals surface area contributed by atoms with E-state index in [-0.39, 0.29) is 24.4 Å². The Labute approximate surface area is 246 Å². The lowest BCUT2D eigenvalue weighted by Gasteiger charge is -2.22. The molecule has 232 valence electrons. The maximum absolute atomic E-state index is 10.7. The second-order valence-electron chi connectivity index (χ2n) is 13.1. The summed E-state index contributed by atoms with van der Waals surface area (Å²) in [4.78, 5) is 0. The first-order valence-corrected chi connectivity index (χ1v) is 17.2. The fourth-order valence-electron chi connectivity index (χ4n) is 6.57. The Bertz CT molecular complexity index is 712. The van der Waals surface area contributed by atoms with E-state index < -0.39 is 11.9 Å². The van der Waals surface area contributed by atoms with Crippen LogP contribution in [-0.2, 0) is 18.9 Å². The van der Waals surface area contributed by atoms with Crippen molar-refractivity contribution in [2.45, 2.75) is 204 Å². The first-order chi connectivity index (χ1) is 19.5.